The van der Waals surface area contributed by atoms with Crippen LogP contribution in [0.3, 0.4) is 0 Å². The molecule has 0 bridgehead atoms. The zero-order valence-corrected chi connectivity index (χ0v) is 13.6. The minimum atomic E-state index is -0.211. The van der Waals surface area contributed by atoms with Gasteiger partial charge in [0, 0.05) is 12.1 Å². The van der Waals surface area contributed by atoms with Crippen molar-refractivity contribution in [2.45, 2.75) is 25.1 Å². The van der Waals surface area contributed by atoms with Crippen molar-refractivity contribution in [3.05, 3.63) is 41.8 Å². The standard InChI is InChI=1S/C15H18N4O3S/c1-2-8-16-12(20)10-23-15-19-18-13(22-15)9-17-14(21)11-6-4-3-5-7-11/h3-7H,2,8-10H2,1H3,(H,16,20)(H,17,21). The van der Waals surface area contributed by atoms with Crippen molar-refractivity contribution in [3.63, 3.8) is 0 Å². The average molecular weight is 334 g/mol. The Hall–Kier alpha value is -2.35. The largest absolute Gasteiger partial charge is 0.414 e. The minimum absolute atomic E-state index is 0.0750. The summed E-state index contributed by atoms with van der Waals surface area (Å²) >= 11 is 1.17. The average Bonchev–Trinajstić information content (AvgIpc) is 3.04. The number of benzene rings is 1. The van der Waals surface area contributed by atoms with E-state index in [0.717, 1.165) is 6.42 Å². The van der Waals surface area contributed by atoms with Gasteiger partial charge in [-0.1, -0.05) is 36.9 Å². The van der Waals surface area contributed by atoms with Crippen LogP contribution >= 0.6 is 11.8 Å². The van der Waals surface area contributed by atoms with Crippen LogP contribution in [0.25, 0.3) is 0 Å². The fourth-order valence-corrected chi connectivity index (χ4v) is 2.27. The lowest BCUT2D eigenvalue weighted by Crippen LogP contribution is -2.25. The molecule has 0 aliphatic heterocycles. The molecule has 1 aromatic heterocycles. The lowest BCUT2D eigenvalue weighted by Gasteiger charge is -2.01. The fourth-order valence-electron chi connectivity index (χ4n) is 1.66. The molecule has 2 rings (SSSR count). The monoisotopic (exact) mass is 334 g/mol. The first kappa shape index (κ1) is 17.0. The van der Waals surface area contributed by atoms with Gasteiger partial charge in [0.1, 0.15) is 0 Å². The number of thioether (sulfide) groups is 1. The van der Waals surface area contributed by atoms with Gasteiger partial charge in [0.15, 0.2) is 0 Å². The SMILES string of the molecule is CCCNC(=O)CSc1nnc(CNC(=O)c2ccccc2)o1. The van der Waals surface area contributed by atoms with E-state index in [1.807, 2.05) is 13.0 Å². The number of hydrogen-bond acceptors (Lipinski definition) is 6. The van der Waals surface area contributed by atoms with Crippen LogP contribution in [-0.4, -0.2) is 34.3 Å². The molecule has 23 heavy (non-hydrogen) atoms. The summed E-state index contributed by atoms with van der Waals surface area (Å²) in [5, 5.41) is 13.4. The Labute approximate surface area is 138 Å². The van der Waals surface area contributed by atoms with Gasteiger partial charge < -0.3 is 15.1 Å². The third-order valence-corrected chi connectivity index (χ3v) is 3.60. The van der Waals surface area contributed by atoms with Gasteiger partial charge >= 0.3 is 0 Å². The summed E-state index contributed by atoms with van der Waals surface area (Å²) in [7, 11) is 0. The van der Waals surface area contributed by atoms with Crippen LogP contribution in [0.15, 0.2) is 40.0 Å². The van der Waals surface area contributed by atoms with E-state index < -0.39 is 0 Å². The van der Waals surface area contributed by atoms with Crippen molar-refractivity contribution in [2.24, 2.45) is 0 Å². The summed E-state index contributed by atoms with van der Waals surface area (Å²) in [5.41, 5.74) is 0.564. The molecule has 2 N–H and O–H groups in total. The van der Waals surface area contributed by atoms with Gasteiger partial charge in [0.05, 0.1) is 12.3 Å². The van der Waals surface area contributed by atoms with E-state index in [2.05, 4.69) is 20.8 Å². The number of aromatic nitrogens is 2. The van der Waals surface area contributed by atoms with Gasteiger partial charge in [-0.15, -0.1) is 10.2 Å². The molecule has 8 heteroatoms. The second-order valence-electron chi connectivity index (χ2n) is 4.65. The molecule has 0 aliphatic rings. The van der Waals surface area contributed by atoms with Crippen LogP contribution in [0, 0.1) is 0 Å². The van der Waals surface area contributed by atoms with E-state index >= 15 is 0 Å². The molecule has 2 aromatic rings. The van der Waals surface area contributed by atoms with Crippen molar-refractivity contribution in [1.82, 2.24) is 20.8 Å². The molecule has 0 spiro atoms. The maximum Gasteiger partial charge on any atom is 0.277 e. The molecular weight excluding hydrogens is 316 g/mol. The molecule has 0 saturated carbocycles. The molecular formula is C15H18N4O3S. The normalized spacial score (nSPS) is 10.3. The first-order valence-corrected chi connectivity index (χ1v) is 8.22. The molecule has 0 unspecified atom stereocenters. The molecule has 1 heterocycles. The fraction of sp³-hybridized carbons (Fsp3) is 0.333. The number of nitrogens with zero attached hydrogens (tertiary/aromatic N) is 2. The Bertz CT molecular complexity index is 645. The molecule has 122 valence electrons. The predicted octanol–water partition coefficient (Wildman–Crippen LogP) is 1.62. The number of amides is 2. The van der Waals surface area contributed by atoms with Gasteiger partial charge in [-0.3, -0.25) is 9.59 Å². The second-order valence-corrected chi connectivity index (χ2v) is 5.58. The predicted molar refractivity (Wildman–Crippen MR) is 85.9 cm³/mol. The highest BCUT2D eigenvalue weighted by Crippen LogP contribution is 2.15. The molecule has 0 radical (unpaired) electrons. The molecule has 7 nitrogen and oxygen atoms in total. The Kier molecular flexibility index (Phi) is 6.61. The minimum Gasteiger partial charge on any atom is -0.414 e. The molecule has 1 aromatic carbocycles. The van der Waals surface area contributed by atoms with Crippen molar-refractivity contribution >= 4 is 23.6 Å². The van der Waals surface area contributed by atoms with Crippen LogP contribution in [0.5, 0.6) is 0 Å². The van der Waals surface area contributed by atoms with E-state index in [1.165, 1.54) is 11.8 Å². The Morgan fingerprint density at radius 2 is 1.96 bits per heavy atom. The van der Waals surface area contributed by atoms with Gasteiger partial charge in [0.2, 0.25) is 11.8 Å². The molecule has 0 saturated heterocycles. The molecule has 0 aliphatic carbocycles. The lowest BCUT2D eigenvalue weighted by molar-refractivity contribution is -0.118. The summed E-state index contributed by atoms with van der Waals surface area (Å²) in [5.74, 6) is 0.231. The number of nitrogens with one attached hydrogen (secondary N) is 2. The first-order valence-electron chi connectivity index (χ1n) is 7.24. The quantitative estimate of drug-likeness (QED) is 0.712. The second kappa shape index (κ2) is 8.94. The van der Waals surface area contributed by atoms with Crippen LogP contribution in [0.1, 0.15) is 29.6 Å². The highest BCUT2D eigenvalue weighted by atomic mass is 32.2. The van der Waals surface area contributed by atoms with E-state index in [4.69, 9.17) is 4.42 Å². The summed E-state index contributed by atoms with van der Waals surface area (Å²) < 4.78 is 5.37. The summed E-state index contributed by atoms with van der Waals surface area (Å²) in [6.07, 6.45) is 0.891. The topological polar surface area (TPSA) is 97.1 Å². The summed E-state index contributed by atoms with van der Waals surface area (Å²) in [6.45, 7) is 2.78. The van der Waals surface area contributed by atoms with E-state index in [9.17, 15) is 9.59 Å². The maximum atomic E-state index is 11.9. The number of carbonyl (C=O) groups is 2. The molecule has 0 fully saturated rings. The smallest absolute Gasteiger partial charge is 0.277 e. The van der Waals surface area contributed by atoms with Crippen LogP contribution < -0.4 is 10.6 Å². The Balaban J connectivity index is 1.76. The lowest BCUT2D eigenvalue weighted by atomic mass is 10.2. The summed E-state index contributed by atoms with van der Waals surface area (Å²) in [4.78, 5) is 23.4. The van der Waals surface area contributed by atoms with Crippen molar-refractivity contribution in [2.75, 3.05) is 12.3 Å². The molecule has 0 atom stereocenters. The Morgan fingerprint density at radius 1 is 1.17 bits per heavy atom. The van der Waals surface area contributed by atoms with Crippen LogP contribution in [-0.2, 0) is 11.3 Å². The Morgan fingerprint density at radius 3 is 2.70 bits per heavy atom. The number of hydrogen-bond donors (Lipinski definition) is 2. The van der Waals surface area contributed by atoms with Gasteiger partial charge in [-0.2, -0.15) is 0 Å². The molecule has 2 amide bonds. The van der Waals surface area contributed by atoms with Crippen LogP contribution in [0.4, 0.5) is 0 Å². The van der Waals surface area contributed by atoms with E-state index in [1.54, 1.807) is 24.3 Å². The van der Waals surface area contributed by atoms with E-state index in [-0.39, 0.29) is 24.1 Å². The number of rotatable bonds is 8. The highest BCUT2D eigenvalue weighted by Gasteiger charge is 2.11. The highest BCUT2D eigenvalue weighted by molar-refractivity contribution is 7.99. The van der Waals surface area contributed by atoms with Crippen molar-refractivity contribution in [1.29, 1.82) is 0 Å². The third kappa shape index (κ3) is 5.74. The van der Waals surface area contributed by atoms with Gasteiger partial charge in [-0.05, 0) is 18.6 Å². The van der Waals surface area contributed by atoms with Gasteiger partial charge in [-0.25, -0.2) is 0 Å². The van der Waals surface area contributed by atoms with Gasteiger partial charge in [0.25, 0.3) is 11.1 Å². The maximum absolute atomic E-state index is 11.9. The van der Waals surface area contributed by atoms with Crippen LogP contribution in [0.2, 0.25) is 0 Å². The van der Waals surface area contributed by atoms with Crippen molar-refractivity contribution in [3.8, 4) is 0 Å². The first-order chi connectivity index (χ1) is 11.2. The zero-order valence-electron chi connectivity index (χ0n) is 12.7. The van der Waals surface area contributed by atoms with E-state index in [0.29, 0.717) is 23.2 Å². The zero-order chi connectivity index (χ0) is 16.5. The number of carbonyl (C=O) groups excluding carboxylic acids is 2. The summed E-state index contributed by atoms with van der Waals surface area (Å²) in [6, 6.07) is 8.87. The third-order valence-electron chi connectivity index (χ3n) is 2.78. The van der Waals surface area contributed by atoms with Crippen molar-refractivity contribution < 1.29 is 14.0 Å².